The monoisotopic (exact) mass is 251 g/mol. The highest BCUT2D eigenvalue weighted by molar-refractivity contribution is 6.30. The molecule has 0 aliphatic carbocycles. The molecule has 0 atom stereocenters. The van der Waals surface area contributed by atoms with Gasteiger partial charge in [-0.2, -0.15) is 9.90 Å². The maximum atomic E-state index is 11.4. The number of rotatable bonds is 3. The van der Waals surface area contributed by atoms with E-state index in [0.29, 0.717) is 17.3 Å². The Morgan fingerprint density at radius 2 is 2.35 bits per heavy atom. The Morgan fingerprint density at radius 1 is 1.53 bits per heavy atom. The Hall–Kier alpha value is -1.88. The van der Waals surface area contributed by atoms with E-state index in [0.717, 1.165) is 0 Å². The number of nitrogens with zero attached hydrogens (tertiary/aromatic N) is 3. The van der Waals surface area contributed by atoms with Gasteiger partial charge in [0, 0.05) is 5.02 Å². The van der Waals surface area contributed by atoms with Crippen LogP contribution in [0.25, 0.3) is 5.69 Å². The zero-order valence-corrected chi connectivity index (χ0v) is 9.89. The second-order valence-electron chi connectivity index (χ2n) is 3.22. The lowest BCUT2D eigenvalue weighted by Gasteiger charge is -1.99. The molecule has 6 heteroatoms. The van der Waals surface area contributed by atoms with Crippen molar-refractivity contribution in [1.29, 1.82) is 0 Å². The van der Waals surface area contributed by atoms with Crippen molar-refractivity contribution in [1.82, 2.24) is 15.0 Å². The van der Waals surface area contributed by atoms with Crippen LogP contribution in [0.1, 0.15) is 17.4 Å². The van der Waals surface area contributed by atoms with E-state index in [1.54, 1.807) is 31.2 Å². The quantitative estimate of drug-likeness (QED) is 0.784. The normalized spacial score (nSPS) is 10.2. The molecule has 0 N–H and O–H groups in total. The largest absolute Gasteiger partial charge is 0.461 e. The first kappa shape index (κ1) is 11.6. The van der Waals surface area contributed by atoms with Crippen LogP contribution in [0.4, 0.5) is 0 Å². The zero-order chi connectivity index (χ0) is 12.3. The van der Waals surface area contributed by atoms with Crippen molar-refractivity contribution in [3.05, 3.63) is 41.2 Å². The number of benzene rings is 1. The number of halogens is 1. The summed E-state index contributed by atoms with van der Waals surface area (Å²) in [5, 5.41) is 8.57. The molecule has 0 fully saturated rings. The molecule has 1 aromatic carbocycles. The summed E-state index contributed by atoms with van der Waals surface area (Å²) in [5.41, 5.74) is 0.861. The van der Waals surface area contributed by atoms with E-state index in [2.05, 4.69) is 10.2 Å². The standard InChI is InChI=1S/C11H10ClN3O2/c1-2-17-11(16)10-7-13-15(14-10)9-5-3-4-8(12)6-9/h3-7H,2H2,1H3. The second-order valence-corrected chi connectivity index (χ2v) is 3.66. The van der Waals surface area contributed by atoms with Crippen LogP contribution in [0.3, 0.4) is 0 Å². The van der Waals surface area contributed by atoms with Gasteiger partial charge in [0.2, 0.25) is 0 Å². The fraction of sp³-hybridized carbons (Fsp3) is 0.182. The smallest absolute Gasteiger partial charge is 0.360 e. The van der Waals surface area contributed by atoms with Gasteiger partial charge in [-0.3, -0.25) is 0 Å². The van der Waals surface area contributed by atoms with Gasteiger partial charge in [0.25, 0.3) is 0 Å². The van der Waals surface area contributed by atoms with Gasteiger partial charge in [0.15, 0.2) is 5.69 Å². The van der Waals surface area contributed by atoms with Crippen molar-refractivity contribution in [2.24, 2.45) is 0 Å². The van der Waals surface area contributed by atoms with Crippen LogP contribution in [0.2, 0.25) is 5.02 Å². The number of hydrogen-bond acceptors (Lipinski definition) is 4. The van der Waals surface area contributed by atoms with E-state index in [1.807, 2.05) is 0 Å². The molecular formula is C11H10ClN3O2. The predicted molar refractivity (Wildman–Crippen MR) is 62.3 cm³/mol. The van der Waals surface area contributed by atoms with E-state index in [9.17, 15) is 4.79 Å². The van der Waals surface area contributed by atoms with Gasteiger partial charge in [-0.1, -0.05) is 17.7 Å². The van der Waals surface area contributed by atoms with Crippen molar-refractivity contribution in [2.75, 3.05) is 6.61 Å². The van der Waals surface area contributed by atoms with Gasteiger partial charge in [-0.25, -0.2) is 4.79 Å². The van der Waals surface area contributed by atoms with Crippen LogP contribution < -0.4 is 0 Å². The number of ether oxygens (including phenoxy) is 1. The van der Waals surface area contributed by atoms with E-state index in [1.165, 1.54) is 11.0 Å². The minimum atomic E-state index is -0.485. The highest BCUT2D eigenvalue weighted by Crippen LogP contribution is 2.13. The maximum absolute atomic E-state index is 11.4. The summed E-state index contributed by atoms with van der Waals surface area (Å²) in [6.45, 7) is 2.04. The predicted octanol–water partition coefficient (Wildman–Crippen LogP) is 2.10. The Labute approximate surface area is 103 Å². The van der Waals surface area contributed by atoms with E-state index < -0.39 is 5.97 Å². The van der Waals surface area contributed by atoms with Crippen molar-refractivity contribution >= 4 is 17.6 Å². The molecule has 0 spiro atoms. The van der Waals surface area contributed by atoms with Gasteiger partial charge < -0.3 is 4.74 Å². The SMILES string of the molecule is CCOC(=O)c1cnn(-c2cccc(Cl)c2)n1. The van der Waals surface area contributed by atoms with Gasteiger partial charge in [0.1, 0.15) is 0 Å². The minimum absolute atomic E-state index is 0.173. The molecule has 0 unspecified atom stereocenters. The molecule has 0 aliphatic heterocycles. The molecular weight excluding hydrogens is 242 g/mol. The fourth-order valence-corrected chi connectivity index (χ4v) is 1.47. The van der Waals surface area contributed by atoms with Crippen LogP contribution in [0, 0.1) is 0 Å². The molecule has 2 aromatic rings. The first-order valence-electron chi connectivity index (χ1n) is 5.06. The Bertz CT molecular complexity index is 539. The van der Waals surface area contributed by atoms with E-state index in [4.69, 9.17) is 16.3 Å². The van der Waals surface area contributed by atoms with Crippen LogP contribution in [0.15, 0.2) is 30.5 Å². The minimum Gasteiger partial charge on any atom is -0.461 e. The lowest BCUT2D eigenvalue weighted by molar-refractivity contribution is 0.0519. The number of esters is 1. The van der Waals surface area contributed by atoms with Crippen LogP contribution in [0.5, 0.6) is 0 Å². The molecule has 0 saturated carbocycles. The van der Waals surface area contributed by atoms with Gasteiger partial charge in [-0.05, 0) is 25.1 Å². The second kappa shape index (κ2) is 4.97. The third-order valence-electron chi connectivity index (χ3n) is 2.02. The topological polar surface area (TPSA) is 57.0 Å². The number of aromatic nitrogens is 3. The summed E-state index contributed by atoms with van der Waals surface area (Å²) in [6, 6.07) is 7.03. The lowest BCUT2D eigenvalue weighted by atomic mass is 10.3. The molecule has 0 radical (unpaired) electrons. The summed E-state index contributed by atoms with van der Waals surface area (Å²) in [4.78, 5) is 12.7. The molecule has 5 nitrogen and oxygen atoms in total. The van der Waals surface area contributed by atoms with Crippen molar-refractivity contribution in [3.8, 4) is 5.69 Å². The fourth-order valence-electron chi connectivity index (χ4n) is 1.29. The van der Waals surface area contributed by atoms with Gasteiger partial charge in [0.05, 0.1) is 18.5 Å². The Morgan fingerprint density at radius 3 is 3.06 bits per heavy atom. The lowest BCUT2D eigenvalue weighted by Crippen LogP contribution is -2.06. The summed E-state index contributed by atoms with van der Waals surface area (Å²) in [6.07, 6.45) is 1.36. The molecule has 0 aliphatic rings. The van der Waals surface area contributed by atoms with Crippen LogP contribution in [-0.2, 0) is 4.74 Å². The van der Waals surface area contributed by atoms with Gasteiger partial charge in [-0.15, -0.1) is 5.10 Å². The van der Waals surface area contributed by atoms with Crippen molar-refractivity contribution in [3.63, 3.8) is 0 Å². The summed E-state index contributed by atoms with van der Waals surface area (Å²) >= 11 is 5.85. The molecule has 1 heterocycles. The molecule has 2 rings (SSSR count). The molecule has 17 heavy (non-hydrogen) atoms. The highest BCUT2D eigenvalue weighted by atomic mass is 35.5. The third-order valence-corrected chi connectivity index (χ3v) is 2.25. The number of carbonyl (C=O) groups excluding carboxylic acids is 1. The average Bonchev–Trinajstić information content (AvgIpc) is 2.78. The molecule has 88 valence electrons. The van der Waals surface area contributed by atoms with E-state index >= 15 is 0 Å². The number of carbonyl (C=O) groups is 1. The van der Waals surface area contributed by atoms with Crippen molar-refractivity contribution < 1.29 is 9.53 Å². The summed E-state index contributed by atoms with van der Waals surface area (Å²) in [7, 11) is 0. The molecule has 0 saturated heterocycles. The van der Waals surface area contributed by atoms with Crippen LogP contribution >= 0.6 is 11.6 Å². The molecule has 1 aromatic heterocycles. The Balaban J connectivity index is 2.27. The molecule has 0 amide bonds. The van der Waals surface area contributed by atoms with E-state index in [-0.39, 0.29) is 5.69 Å². The summed E-state index contributed by atoms with van der Waals surface area (Å²) in [5.74, 6) is -0.485. The average molecular weight is 252 g/mol. The molecule has 0 bridgehead atoms. The van der Waals surface area contributed by atoms with Crippen LogP contribution in [-0.4, -0.2) is 27.6 Å². The highest BCUT2D eigenvalue weighted by Gasteiger charge is 2.12. The number of hydrogen-bond donors (Lipinski definition) is 0. The van der Waals surface area contributed by atoms with Crippen molar-refractivity contribution in [2.45, 2.75) is 6.92 Å². The first-order chi connectivity index (χ1) is 8.20. The first-order valence-corrected chi connectivity index (χ1v) is 5.44. The maximum Gasteiger partial charge on any atom is 0.360 e. The third kappa shape index (κ3) is 2.62. The van der Waals surface area contributed by atoms with Gasteiger partial charge >= 0.3 is 5.97 Å². The zero-order valence-electron chi connectivity index (χ0n) is 9.13. The Kier molecular flexibility index (Phi) is 3.39. The summed E-state index contributed by atoms with van der Waals surface area (Å²) < 4.78 is 4.82.